The van der Waals surface area contributed by atoms with Crippen molar-refractivity contribution >= 4 is 9.84 Å². The zero-order valence-electron chi connectivity index (χ0n) is 15.5. The van der Waals surface area contributed by atoms with Gasteiger partial charge in [0.1, 0.15) is 4.90 Å². The van der Waals surface area contributed by atoms with Gasteiger partial charge in [-0.2, -0.15) is 0 Å². The topological polar surface area (TPSA) is 80.2 Å². The quantitative estimate of drug-likeness (QED) is 0.720. The molecule has 1 aromatic heterocycles. The van der Waals surface area contributed by atoms with Gasteiger partial charge in [-0.3, -0.25) is 0 Å². The Hall–Kier alpha value is -2.57. The number of hydrogen-bond donors (Lipinski definition) is 1. The minimum atomic E-state index is -3.37. The molecule has 6 heteroatoms. The Bertz CT molecular complexity index is 1080. The number of nitrogens with zero attached hydrogens (tertiary/aromatic N) is 2. The Balaban J connectivity index is 1.80. The molecule has 1 N–H and O–H groups in total. The first-order valence-electron chi connectivity index (χ1n) is 9.43. The van der Waals surface area contributed by atoms with Crippen molar-refractivity contribution in [2.24, 2.45) is 0 Å². The molecule has 0 radical (unpaired) electrons. The second-order valence-corrected chi connectivity index (χ2v) is 9.07. The maximum Gasteiger partial charge on any atom is 0.182 e. The number of aromatic nitrogens is 2. The fourth-order valence-electron chi connectivity index (χ4n) is 3.59. The average Bonchev–Trinajstić information content (AvgIpc) is 2.69. The van der Waals surface area contributed by atoms with Gasteiger partial charge < -0.3 is 5.11 Å². The maximum atomic E-state index is 12.8. The van der Waals surface area contributed by atoms with Crippen LogP contribution in [-0.4, -0.2) is 35.9 Å². The highest BCUT2D eigenvalue weighted by atomic mass is 32.2. The molecule has 4 rings (SSSR count). The van der Waals surface area contributed by atoms with Gasteiger partial charge in [-0.05, 0) is 30.4 Å². The fraction of sp³-hybridized carbons (Fsp3) is 0.273. The van der Waals surface area contributed by atoms with Crippen LogP contribution in [0, 0.1) is 0 Å². The van der Waals surface area contributed by atoms with Crippen LogP contribution in [0.15, 0.2) is 59.5 Å². The molecular weight excluding hydrogens is 372 g/mol. The first kappa shape index (κ1) is 18.8. The average molecular weight is 394 g/mol. The zero-order valence-corrected chi connectivity index (χ0v) is 16.3. The molecule has 0 atom stereocenters. The predicted molar refractivity (Wildman–Crippen MR) is 108 cm³/mol. The number of benzene rings is 2. The molecule has 0 saturated carbocycles. The summed E-state index contributed by atoms with van der Waals surface area (Å²) >= 11 is 0. The van der Waals surface area contributed by atoms with Gasteiger partial charge in [-0.25, -0.2) is 18.4 Å². The summed E-state index contributed by atoms with van der Waals surface area (Å²) in [5.74, 6) is 0.722. The smallest absolute Gasteiger partial charge is 0.182 e. The van der Waals surface area contributed by atoms with Crippen LogP contribution in [0.2, 0.25) is 0 Å². The molecule has 0 fully saturated rings. The molecule has 0 spiro atoms. The van der Waals surface area contributed by atoms with E-state index in [9.17, 15) is 8.42 Å². The molecule has 3 aromatic rings. The standard InChI is InChI=1S/C22H22N2O3S/c25-13-12-16-8-10-17(11-9-16)15-20-21-19(7-4-14-28(21,26)27)23-22(24-20)18-5-2-1-3-6-18/h1-3,5-6,8-11,25H,4,7,12-15H2. The lowest BCUT2D eigenvalue weighted by Gasteiger charge is -2.19. The van der Waals surface area contributed by atoms with Gasteiger partial charge in [0.25, 0.3) is 0 Å². The lowest BCUT2D eigenvalue weighted by molar-refractivity contribution is 0.299. The molecule has 2 heterocycles. The molecule has 0 bridgehead atoms. The molecule has 0 amide bonds. The number of aliphatic hydroxyl groups excluding tert-OH is 1. The van der Waals surface area contributed by atoms with Gasteiger partial charge >= 0.3 is 0 Å². The Morgan fingerprint density at radius 2 is 1.64 bits per heavy atom. The summed E-state index contributed by atoms with van der Waals surface area (Å²) in [7, 11) is -3.37. The van der Waals surface area contributed by atoms with Crippen LogP contribution in [0.25, 0.3) is 11.4 Å². The summed E-state index contributed by atoms with van der Waals surface area (Å²) in [6.07, 6.45) is 2.29. The number of sulfone groups is 1. The van der Waals surface area contributed by atoms with E-state index in [1.165, 1.54) is 0 Å². The van der Waals surface area contributed by atoms with E-state index in [2.05, 4.69) is 9.97 Å². The number of aryl methyl sites for hydroxylation is 1. The molecule has 1 aliphatic heterocycles. The molecule has 2 aromatic carbocycles. The minimum Gasteiger partial charge on any atom is -0.396 e. The molecular formula is C22H22N2O3S. The second kappa shape index (κ2) is 7.81. The first-order valence-corrected chi connectivity index (χ1v) is 11.1. The normalized spacial score (nSPS) is 15.2. The molecule has 0 aliphatic carbocycles. The Labute approximate surface area is 165 Å². The summed E-state index contributed by atoms with van der Waals surface area (Å²) in [4.78, 5) is 9.59. The first-order chi connectivity index (χ1) is 13.6. The van der Waals surface area contributed by atoms with E-state index in [1.807, 2.05) is 54.6 Å². The van der Waals surface area contributed by atoms with E-state index in [0.717, 1.165) is 16.7 Å². The van der Waals surface area contributed by atoms with Crippen LogP contribution in [0.4, 0.5) is 0 Å². The molecule has 0 unspecified atom stereocenters. The minimum absolute atomic E-state index is 0.109. The van der Waals surface area contributed by atoms with E-state index >= 15 is 0 Å². The van der Waals surface area contributed by atoms with Crippen molar-refractivity contribution in [1.82, 2.24) is 9.97 Å². The van der Waals surface area contributed by atoms with Crippen molar-refractivity contribution in [3.05, 3.63) is 77.1 Å². The summed E-state index contributed by atoms with van der Waals surface area (Å²) in [6, 6.07) is 17.5. The third-order valence-corrected chi connectivity index (χ3v) is 6.89. The van der Waals surface area contributed by atoms with E-state index in [1.54, 1.807) is 0 Å². The summed E-state index contributed by atoms with van der Waals surface area (Å²) in [5.41, 5.74) is 4.12. The monoisotopic (exact) mass is 394 g/mol. The Morgan fingerprint density at radius 1 is 0.929 bits per heavy atom. The molecule has 144 valence electrons. The highest BCUT2D eigenvalue weighted by molar-refractivity contribution is 7.91. The Kier molecular flexibility index (Phi) is 5.24. The lowest BCUT2D eigenvalue weighted by Crippen LogP contribution is -2.21. The van der Waals surface area contributed by atoms with Crippen molar-refractivity contribution < 1.29 is 13.5 Å². The van der Waals surface area contributed by atoms with Gasteiger partial charge in [0.2, 0.25) is 0 Å². The van der Waals surface area contributed by atoms with Crippen molar-refractivity contribution in [3.63, 3.8) is 0 Å². The zero-order chi connectivity index (χ0) is 19.6. The third-order valence-electron chi connectivity index (χ3n) is 4.97. The summed E-state index contributed by atoms with van der Waals surface area (Å²) < 4.78 is 25.5. The van der Waals surface area contributed by atoms with Gasteiger partial charge in [0.05, 0.1) is 17.1 Å². The van der Waals surface area contributed by atoms with Crippen LogP contribution in [0.5, 0.6) is 0 Å². The van der Waals surface area contributed by atoms with Crippen LogP contribution in [0.1, 0.15) is 28.9 Å². The predicted octanol–water partition coefficient (Wildman–Crippen LogP) is 2.99. The lowest BCUT2D eigenvalue weighted by atomic mass is 10.0. The van der Waals surface area contributed by atoms with Crippen molar-refractivity contribution in [3.8, 4) is 11.4 Å². The third kappa shape index (κ3) is 3.84. The molecule has 1 aliphatic rings. The number of aliphatic hydroxyl groups is 1. The largest absolute Gasteiger partial charge is 0.396 e. The van der Waals surface area contributed by atoms with Gasteiger partial charge in [-0.15, -0.1) is 0 Å². The number of rotatable bonds is 5. The van der Waals surface area contributed by atoms with Gasteiger partial charge in [-0.1, -0.05) is 54.6 Å². The molecule has 5 nitrogen and oxygen atoms in total. The summed E-state index contributed by atoms with van der Waals surface area (Å²) in [6.45, 7) is 0.109. The van der Waals surface area contributed by atoms with E-state index in [-0.39, 0.29) is 12.4 Å². The second-order valence-electron chi connectivity index (χ2n) is 7.03. The van der Waals surface area contributed by atoms with Gasteiger partial charge in [0.15, 0.2) is 15.7 Å². The van der Waals surface area contributed by atoms with Crippen molar-refractivity contribution in [1.29, 1.82) is 0 Å². The number of hydrogen-bond acceptors (Lipinski definition) is 5. The van der Waals surface area contributed by atoms with E-state index < -0.39 is 9.84 Å². The van der Waals surface area contributed by atoms with Crippen LogP contribution in [-0.2, 0) is 29.1 Å². The van der Waals surface area contributed by atoms with Crippen molar-refractivity contribution in [2.45, 2.75) is 30.6 Å². The van der Waals surface area contributed by atoms with E-state index in [0.29, 0.717) is 47.8 Å². The fourth-order valence-corrected chi connectivity index (χ4v) is 5.30. The highest BCUT2D eigenvalue weighted by Gasteiger charge is 2.30. The number of fused-ring (bicyclic) bond motifs is 1. The van der Waals surface area contributed by atoms with Crippen molar-refractivity contribution in [2.75, 3.05) is 12.4 Å². The van der Waals surface area contributed by atoms with Crippen LogP contribution < -0.4 is 0 Å². The van der Waals surface area contributed by atoms with E-state index in [4.69, 9.17) is 5.11 Å². The SMILES string of the molecule is O=S1(=O)CCCc2nc(-c3ccccc3)nc(Cc3ccc(CCO)cc3)c21. The van der Waals surface area contributed by atoms with Gasteiger partial charge in [0, 0.05) is 18.6 Å². The van der Waals surface area contributed by atoms with Crippen LogP contribution >= 0.6 is 0 Å². The highest BCUT2D eigenvalue weighted by Crippen LogP contribution is 2.30. The molecule has 28 heavy (non-hydrogen) atoms. The maximum absolute atomic E-state index is 12.8. The van der Waals surface area contributed by atoms with Crippen LogP contribution in [0.3, 0.4) is 0 Å². The Morgan fingerprint density at radius 3 is 2.36 bits per heavy atom. The summed E-state index contributed by atoms with van der Waals surface area (Å²) in [5, 5.41) is 9.07. The molecule has 0 saturated heterocycles.